The lowest BCUT2D eigenvalue weighted by molar-refractivity contribution is -0.140. The van der Waals surface area contributed by atoms with Crippen molar-refractivity contribution in [3.63, 3.8) is 0 Å². The smallest absolute Gasteiger partial charge is 0.326 e. The van der Waals surface area contributed by atoms with Crippen molar-refractivity contribution in [2.45, 2.75) is 19.9 Å². The van der Waals surface area contributed by atoms with E-state index in [-0.39, 0.29) is 5.92 Å². The van der Waals surface area contributed by atoms with Crippen molar-refractivity contribution in [1.82, 2.24) is 25.5 Å². The van der Waals surface area contributed by atoms with Crippen LogP contribution in [0.4, 0.5) is 0 Å². The molecule has 0 spiro atoms. The van der Waals surface area contributed by atoms with Crippen LogP contribution in [0.1, 0.15) is 23.5 Å². The number of aliphatic carboxylic acids is 1. The minimum atomic E-state index is -1.06. The van der Waals surface area contributed by atoms with E-state index in [9.17, 15) is 9.59 Å². The van der Waals surface area contributed by atoms with Crippen molar-refractivity contribution in [3.05, 3.63) is 22.7 Å². The zero-order chi connectivity index (χ0) is 14.7. The molecule has 2 heterocycles. The molecule has 2 aromatic heterocycles. The molecule has 2 rings (SSSR count). The lowest BCUT2D eigenvalue weighted by atomic mass is 10.0. The van der Waals surface area contributed by atoms with Gasteiger partial charge >= 0.3 is 5.97 Å². The predicted molar refractivity (Wildman–Crippen MR) is 70.8 cm³/mol. The molecule has 2 aromatic rings. The zero-order valence-electron chi connectivity index (χ0n) is 10.8. The van der Waals surface area contributed by atoms with Crippen LogP contribution in [0.15, 0.2) is 17.8 Å². The zero-order valence-corrected chi connectivity index (χ0v) is 11.7. The van der Waals surface area contributed by atoms with E-state index in [0.29, 0.717) is 10.6 Å². The molecule has 8 nitrogen and oxygen atoms in total. The third-order valence-corrected chi connectivity index (χ3v) is 3.57. The molecule has 0 aliphatic heterocycles. The lowest BCUT2D eigenvalue weighted by Gasteiger charge is -2.17. The second kappa shape index (κ2) is 5.78. The van der Waals surface area contributed by atoms with Crippen molar-refractivity contribution in [1.29, 1.82) is 0 Å². The van der Waals surface area contributed by atoms with Gasteiger partial charge in [0, 0.05) is 0 Å². The van der Waals surface area contributed by atoms with E-state index in [4.69, 9.17) is 5.11 Å². The standard InChI is InChI=1S/C11H13N5O3S/c1-6(2)8(11(18)19)13-10(17)9-7(3-4-20-9)16-5-12-14-15-16/h3-6,8H,1-2H3,(H,13,17)(H,18,19)/t8-/m1/s1. The van der Waals surface area contributed by atoms with Gasteiger partial charge in [0.2, 0.25) is 0 Å². The van der Waals surface area contributed by atoms with E-state index in [1.54, 1.807) is 25.3 Å². The number of carbonyl (C=O) groups is 2. The largest absolute Gasteiger partial charge is 0.480 e. The number of aromatic nitrogens is 4. The van der Waals surface area contributed by atoms with Crippen LogP contribution in [0.3, 0.4) is 0 Å². The van der Waals surface area contributed by atoms with Gasteiger partial charge in [-0.15, -0.1) is 16.4 Å². The normalized spacial score (nSPS) is 12.3. The number of nitrogens with zero attached hydrogens (tertiary/aromatic N) is 4. The average molecular weight is 295 g/mol. The molecular formula is C11H13N5O3S. The number of thiophene rings is 1. The molecule has 0 bridgehead atoms. The topological polar surface area (TPSA) is 110 Å². The Morgan fingerprint density at radius 3 is 2.75 bits per heavy atom. The van der Waals surface area contributed by atoms with Gasteiger partial charge < -0.3 is 10.4 Å². The molecule has 0 aliphatic rings. The van der Waals surface area contributed by atoms with E-state index >= 15 is 0 Å². The Kier molecular flexibility index (Phi) is 4.08. The molecule has 0 unspecified atom stereocenters. The van der Waals surface area contributed by atoms with Gasteiger partial charge in [-0.05, 0) is 27.8 Å². The number of amides is 1. The Morgan fingerprint density at radius 2 is 2.20 bits per heavy atom. The number of hydrogen-bond donors (Lipinski definition) is 2. The molecule has 1 amide bonds. The van der Waals surface area contributed by atoms with Crippen molar-refractivity contribution in [2.24, 2.45) is 5.92 Å². The van der Waals surface area contributed by atoms with E-state index in [2.05, 4.69) is 20.8 Å². The Morgan fingerprint density at radius 1 is 1.45 bits per heavy atom. The second-order valence-electron chi connectivity index (χ2n) is 4.42. The summed E-state index contributed by atoms with van der Waals surface area (Å²) in [5.74, 6) is -1.73. The van der Waals surface area contributed by atoms with Crippen LogP contribution >= 0.6 is 11.3 Å². The number of hydrogen-bond acceptors (Lipinski definition) is 6. The van der Waals surface area contributed by atoms with E-state index < -0.39 is 17.9 Å². The van der Waals surface area contributed by atoms with Crippen LogP contribution in [0.2, 0.25) is 0 Å². The molecule has 20 heavy (non-hydrogen) atoms. The molecule has 0 radical (unpaired) electrons. The molecule has 106 valence electrons. The highest BCUT2D eigenvalue weighted by Crippen LogP contribution is 2.20. The summed E-state index contributed by atoms with van der Waals surface area (Å²) in [5, 5.41) is 24.1. The first-order valence-electron chi connectivity index (χ1n) is 5.85. The summed E-state index contributed by atoms with van der Waals surface area (Å²) in [6.45, 7) is 3.46. The molecular weight excluding hydrogens is 282 g/mol. The van der Waals surface area contributed by atoms with Gasteiger partial charge in [0.1, 0.15) is 17.2 Å². The van der Waals surface area contributed by atoms with Crippen molar-refractivity contribution >= 4 is 23.2 Å². The van der Waals surface area contributed by atoms with Crippen LogP contribution in [0, 0.1) is 5.92 Å². The van der Waals surface area contributed by atoms with E-state index in [1.165, 1.54) is 22.3 Å². The number of carboxylic acids is 1. The monoisotopic (exact) mass is 295 g/mol. The fourth-order valence-corrected chi connectivity index (χ4v) is 2.43. The van der Waals surface area contributed by atoms with Crippen LogP contribution in [0.5, 0.6) is 0 Å². The van der Waals surface area contributed by atoms with Gasteiger partial charge in [0.25, 0.3) is 5.91 Å². The SMILES string of the molecule is CC(C)[C@@H](NC(=O)c1sccc1-n1cnnn1)C(=O)O. The quantitative estimate of drug-likeness (QED) is 0.834. The molecule has 9 heteroatoms. The summed E-state index contributed by atoms with van der Waals surface area (Å²) in [7, 11) is 0. The van der Waals surface area contributed by atoms with Crippen molar-refractivity contribution in [2.75, 3.05) is 0 Å². The summed E-state index contributed by atoms with van der Waals surface area (Å²) in [6, 6.07) is 0.757. The average Bonchev–Trinajstić information content (AvgIpc) is 3.03. The maximum Gasteiger partial charge on any atom is 0.326 e. The Bertz CT molecular complexity index is 607. The highest BCUT2D eigenvalue weighted by Gasteiger charge is 2.26. The summed E-state index contributed by atoms with van der Waals surface area (Å²) < 4.78 is 1.36. The Balaban J connectivity index is 2.22. The second-order valence-corrected chi connectivity index (χ2v) is 5.34. The summed E-state index contributed by atoms with van der Waals surface area (Å²) in [6.07, 6.45) is 1.37. The third kappa shape index (κ3) is 2.82. The number of tetrazole rings is 1. The molecule has 2 N–H and O–H groups in total. The summed E-state index contributed by atoms with van der Waals surface area (Å²) in [4.78, 5) is 23.7. The fourth-order valence-electron chi connectivity index (χ4n) is 1.64. The molecule has 0 aliphatic carbocycles. The van der Waals surface area contributed by atoms with Gasteiger partial charge in [-0.25, -0.2) is 4.79 Å². The maximum atomic E-state index is 12.2. The van der Waals surface area contributed by atoms with Crippen LogP contribution < -0.4 is 5.32 Å². The highest BCUT2D eigenvalue weighted by molar-refractivity contribution is 7.12. The summed E-state index contributed by atoms with van der Waals surface area (Å²) >= 11 is 1.20. The number of nitrogens with one attached hydrogen (secondary N) is 1. The molecule has 1 atom stereocenters. The molecule has 0 saturated heterocycles. The van der Waals surface area contributed by atoms with Gasteiger partial charge in [-0.1, -0.05) is 13.8 Å². The molecule has 0 aromatic carbocycles. The minimum absolute atomic E-state index is 0.215. The van der Waals surface area contributed by atoms with Crippen LogP contribution in [0.25, 0.3) is 5.69 Å². The number of rotatable bonds is 5. The van der Waals surface area contributed by atoms with E-state index in [0.717, 1.165) is 0 Å². The Labute approximate surface area is 118 Å². The predicted octanol–water partition coefficient (Wildman–Crippen LogP) is 0.563. The summed E-state index contributed by atoms with van der Waals surface area (Å²) in [5.41, 5.74) is 0.519. The first kappa shape index (κ1) is 14.1. The maximum absolute atomic E-state index is 12.2. The van der Waals surface area contributed by atoms with Crippen LogP contribution in [-0.4, -0.2) is 43.2 Å². The van der Waals surface area contributed by atoms with Crippen LogP contribution in [-0.2, 0) is 4.79 Å². The van der Waals surface area contributed by atoms with Gasteiger partial charge in [-0.3, -0.25) is 4.79 Å². The number of carboxylic acid groups (broad SMARTS) is 1. The first-order valence-corrected chi connectivity index (χ1v) is 6.73. The van der Waals surface area contributed by atoms with Gasteiger partial charge in [0.05, 0.1) is 5.69 Å². The van der Waals surface area contributed by atoms with Crippen molar-refractivity contribution < 1.29 is 14.7 Å². The molecule has 0 saturated carbocycles. The lowest BCUT2D eigenvalue weighted by Crippen LogP contribution is -2.44. The fraction of sp³-hybridized carbons (Fsp3) is 0.364. The third-order valence-electron chi connectivity index (χ3n) is 2.67. The Hall–Kier alpha value is -2.29. The first-order chi connectivity index (χ1) is 9.50. The van der Waals surface area contributed by atoms with Gasteiger partial charge in [-0.2, -0.15) is 4.68 Å². The highest BCUT2D eigenvalue weighted by atomic mass is 32.1. The van der Waals surface area contributed by atoms with E-state index in [1.807, 2.05) is 0 Å². The minimum Gasteiger partial charge on any atom is -0.480 e. The van der Waals surface area contributed by atoms with Gasteiger partial charge in [0.15, 0.2) is 0 Å². The number of carbonyl (C=O) groups excluding carboxylic acids is 1. The molecule has 0 fully saturated rings. The van der Waals surface area contributed by atoms with Crippen molar-refractivity contribution in [3.8, 4) is 5.69 Å².